The van der Waals surface area contributed by atoms with Gasteiger partial charge in [0, 0.05) is 49.2 Å². The van der Waals surface area contributed by atoms with Crippen molar-refractivity contribution in [3.8, 4) is 16.9 Å². The summed E-state index contributed by atoms with van der Waals surface area (Å²) < 4.78 is 59.2. The van der Waals surface area contributed by atoms with Gasteiger partial charge in [-0.1, -0.05) is 6.07 Å². The van der Waals surface area contributed by atoms with Crippen LogP contribution in [0.5, 0.6) is 0 Å². The monoisotopic (exact) mass is 550 g/mol. The Balaban J connectivity index is 1.30. The van der Waals surface area contributed by atoms with Crippen molar-refractivity contribution in [2.75, 3.05) is 13.1 Å². The number of aryl methyl sites for hydroxylation is 1. The third-order valence-corrected chi connectivity index (χ3v) is 7.25. The van der Waals surface area contributed by atoms with Crippen LogP contribution in [0.4, 0.5) is 17.6 Å². The molecule has 1 amide bonds. The number of carbonyl (C=O) groups excluding carboxylic acids is 1. The highest BCUT2D eigenvalue weighted by molar-refractivity contribution is 5.93. The number of H-pyrrole nitrogens is 1. The SMILES string of the molecule is Cc1ccc2[nH]c(=O)n(C3CCN(C(=O)c4cc(-c5ccncc5)n(-c5cc(F)c(F)c(F)c5)n4)CC3)c2c1F. The third-order valence-electron chi connectivity index (χ3n) is 7.25. The number of nitrogens with zero attached hydrogens (tertiary/aromatic N) is 5. The van der Waals surface area contributed by atoms with Crippen molar-refractivity contribution >= 4 is 16.9 Å². The van der Waals surface area contributed by atoms with Gasteiger partial charge in [-0.3, -0.25) is 14.3 Å². The van der Waals surface area contributed by atoms with Crippen molar-refractivity contribution in [2.24, 2.45) is 0 Å². The average molecular weight is 551 g/mol. The molecule has 5 aromatic rings. The van der Waals surface area contributed by atoms with Crippen molar-refractivity contribution in [3.05, 3.63) is 99.9 Å². The lowest BCUT2D eigenvalue weighted by Crippen LogP contribution is -2.40. The van der Waals surface area contributed by atoms with Gasteiger partial charge in [-0.05, 0) is 49.6 Å². The van der Waals surface area contributed by atoms with Crippen LogP contribution in [0.15, 0.2) is 59.7 Å². The number of hydrogen-bond acceptors (Lipinski definition) is 4. The first-order valence-electron chi connectivity index (χ1n) is 12.6. The summed E-state index contributed by atoms with van der Waals surface area (Å²) in [6.07, 6.45) is 3.83. The molecule has 1 N–H and O–H groups in total. The molecule has 12 heteroatoms. The zero-order chi connectivity index (χ0) is 28.1. The molecule has 1 saturated heterocycles. The fourth-order valence-electron chi connectivity index (χ4n) is 5.19. The van der Waals surface area contributed by atoms with Gasteiger partial charge in [0.05, 0.1) is 16.9 Å². The van der Waals surface area contributed by atoms with Gasteiger partial charge in [-0.15, -0.1) is 0 Å². The van der Waals surface area contributed by atoms with Crippen molar-refractivity contribution in [2.45, 2.75) is 25.8 Å². The minimum atomic E-state index is -1.61. The summed E-state index contributed by atoms with van der Waals surface area (Å²) in [4.78, 5) is 34.4. The Morgan fingerprint density at radius 2 is 1.62 bits per heavy atom. The molecule has 4 heterocycles. The van der Waals surface area contributed by atoms with Crippen LogP contribution in [0.25, 0.3) is 28.0 Å². The standard InChI is InChI=1S/C28H22F4N6O2/c1-15-2-3-21-26(24(15)31)37(28(40)34-21)17-6-10-36(11-7-17)27(39)22-14-23(16-4-8-33-9-5-16)38(35-22)18-12-19(29)25(32)20(30)13-18/h2-5,8-9,12-14,17H,6-7,10-11H2,1H3,(H,34,40). The van der Waals surface area contributed by atoms with E-state index in [1.165, 1.54) is 27.7 Å². The van der Waals surface area contributed by atoms with Gasteiger partial charge in [0.2, 0.25) is 0 Å². The molecule has 1 aliphatic rings. The number of piperidine rings is 1. The molecule has 0 saturated carbocycles. The number of aromatic nitrogens is 5. The normalized spacial score (nSPS) is 14.3. The van der Waals surface area contributed by atoms with E-state index in [2.05, 4.69) is 15.1 Å². The summed E-state index contributed by atoms with van der Waals surface area (Å²) in [6, 6.07) is 9.33. The second-order valence-corrected chi connectivity index (χ2v) is 9.70. The Hall–Kier alpha value is -4.74. The van der Waals surface area contributed by atoms with Gasteiger partial charge in [0.15, 0.2) is 29.0 Å². The zero-order valence-corrected chi connectivity index (χ0v) is 21.2. The number of hydrogen-bond donors (Lipinski definition) is 1. The minimum Gasteiger partial charge on any atom is -0.337 e. The van der Waals surface area contributed by atoms with Crippen molar-refractivity contribution in [3.63, 3.8) is 0 Å². The molecule has 0 atom stereocenters. The highest BCUT2D eigenvalue weighted by Crippen LogP contribution is 2.30. The average Bonchev–Trinajstić information content (AvgIpc) is 3.55. The summed E-state index contributed by atoms with van der Waals surface area (Å²) in [7, 11) is 0. The van der Waals surface area contributed by atoms with Crippen molar-refractivity contribution < 1.29 is 22.4 Å². The summed E-state index contributed by atoms with van der Waals surface area (Å²) in [5.41, 5.74) is 1.48. The molecule has 0 radical (unpaired) electrons. The molecule has 2 aromatic carbocycles. The number of pyridine rings is 1. The van der Waals surface area contributed by atoms with E-state index in [1.807, 2.05) is 0 Å². The number of amides is 1. The maximum atomic E-state index is 14.9. The highest BCUT2D eigenvalue weighted by atomic mass is 19.2. The van der Waals surface area contributed by atoms with Crippen LogP contribution in [0.1, 0.15) is 34.9 Å². The second-order valence-electron chi connectivity index (χ2n) is 9.70. The van der Waals surface area contributed by atoms with Crippen LogP contribution >= 0.6 is 0 Å². The molecule has 3 aromatic heterocycles. The van der Waals surface area contributed by atoms with E-state index in [-0.39, 0.29) is 36.0 Å². The number of fused-ring (bicyclic) bond motifs is 1. The van der Waals surface area contributed by atoms with E-state index < -0.39 is 34.9 Å². The summed E-state index contributed by atoms with van der Waals surface area (Å²) in [5.74, 6) is -5.27. The molecule has 204 valence electrons. The number of halogens is 4. The first-order valence-corrected chi connectivity index (χ1v) is 12.6. The smallest absolute Gasteiger partial charge is 0.326 e. The van der Waals surface area contributed by atoms with E-state index in [0.29, 0.717) is 35.2 Å². The van der Waals surface area contributed by atoms with Crippen LogP contribution in [-0.2, 0) is 0 Å². The van der Waals surface area contributed by atoms with E-state index in [1.54, 1.807) is 36.1 Å². The van der Waals surface area contributed by atoms with Crippen molar-refractivity contribution in [1.29, 1.82) is 0 Å². The van der Waals surface area contributed by atoms with Crippen LogP contribution in [0, 0.1) is 30.2 Å². The molecule has 0 unspecified atom stereocenters. The maximum absolute atomic E-state index is 14.9. The summed E-state index contributed by atoms with van der Waals surface area (Å²) in [5, 5.41) is 4.33. The molecular weight excluding hydrogens is 528 g/mol. The first kappa shape index (κ1) is 25.5. The van der Waals surface area contributed by atoms with Crippen LogP contribution in [0.2, 0.25) is 0 Å². The fourth-order valence-corrected chi connectivity index (χ4v) is 5.19. The Bertz CT molecular complexity index is 1800. The molecule has 8 nitrogen and oxygen atoms in total. The topological polar surface area (TPSA) is 88.8 Å². The fraction of sp³-hybridized carbons (Fsp3) is 0.214. The van der Waals surface area contributed by atoms with Gasteiger partial charge in [-0.25, -0.2) is 27.0 Å². The number of benzene rings is 2. The van der Waals surface area contributed by atoms with Gasteiger partial charge < -0.3 is 9.88 Å². The molecular formula is C28H22F4N6O2. The van der Waals surface area contributed by atoms with Crippen LogP contribution in [-0.4, -0.2) is 48.2 Å². The van der Waals surface area contributed by atoms with E-state index in [4.69, 9.17) is 0 Å². The van der Waals surface area contributed by atoms with Gasteiger partial charge >= 0.3 is 5.69 Å². The summed E-state index contributed by atoms with van der Waals surface area (Å²) >= 11 is 0. The predicted molar refractivity (Wildman–Crippen MR) is 138 cm³/mol. The summed E-state index contributed by atoms with van der Waals surface area (Å²) in [6.45, 7) is 2.17. The van der Waals surface area contributed by atoms with Gasteiger partial charge in [0.25, 0.3) is 5.91 Å². The van der Waals surface area contributed by atoms with Crippen LogP contribution in [0.3, 0.4) is 0 Å². The van der Waals surface area contributed by atoms with Crippen LogP contribution < -0.4 is 5.69 Å². The Labute approximate surface area is 224 Å². The minimum absolute atomic E-state index is 0.0151. The molecule has 0 spiro atoms. The molecule has 0 bridgehead atoms. The van der Waals surface area contributed by atoms with E-state index >= 15 is 0 Å². The molecule has 1 aliphatic heterocycles. The second kappa shape index (κ2) is 9.78. The van der Waals surface area contributed by atoms with Gasteiger partial charge in [0.1, 0.15) is 5.52 Å². The third kappa shape index (κ3) is 4.25. The number of imidazole rings is 1. The lowest BCUT2D eigenvalue weighted by Gasteiger charge is -2.32. The number of nitrogens with one attached hydrogen (secondary N) is 1. The van der Waals surface area contributed by atoms with Crippen molar-refractivity contribution in [1.82, 2.24) is 29.2 Å². The lowest BCUT2D eigenvalue weighted by molar-refractivity contribution is 0.0688. The Kier molecular flexibility index (Phi) is 6.24. The van der Waals surface area contributed by atoms with E-state index in [9.17, 15) is 27.2 Å². The predicted octanol–water partition coefficient (Wildman–Crippen LogP) is 4.92. The van der Waals surface area contributed by atoms with Gasteiger partial charge in [-0.2, -0.15) is 5.10 Å². The number of aromatic amines is 1. The largest absolute Gasteiger partial charge is 0.337 e. The first-order chi connectivity index (χ1) is 19.2. The lowest BCUT2D eigenvalue weighted by atomic mass is 10.0. The molecule has 0 aliphatic carbocycles. The maximum Gasteiger partial charge on any atom is 0.326 e. The Morgan fingerprint density at radius 3 is 2.30 bits per heavy atom. The molecule has 1 fully saturated rings. The molecule has 40 heavy (non-hydrogen) atoms. The Morgan fingerprint density at radius 1 is 0.950 bits per heavy atom. The molecule has 6 rings (SSSR count). The number of carbonyl (C=O) groups is 1. The quantitative estimate of drug-likeness (QED) is 0.254. The number of rotatable bonds is 4. The van der Waals surface area contributed by atoms with E-state index in [0.717, 1.165) is 12.1 Å². The number of likely N-dealkylation sites (tertiary alicyclic amines) is 1. The highest BCUT2D eigenvalue weighted by Gasteiger charge is 2.30. The zero-order valence-electron chi connectivity index (χ0n) is 21.2.